The van der Waals surface area contributed by atoms with Crippen LogP contribution in [0, 0.1) is 6.92 Å². The van der Waals surface area contributed by atoms with Crippen LogP contribution in [-0.2, 0) is 13.0 Å². The summed E-state index contributed by atoms with van der Waals surface area (Å²) in [6.45, 7) is 2.60. The van der Waals surface area contributed by atoms with Crippen LogP contribution in [0.2, 0.25) is 0 Å². The maximum Gasteiger partial charge on any atom is 0.356 e. The van der Waals surface area contributed by atoms with E-state index in [0.717, 1.165) is 11.1 Å². The summed E-state index contributed by atoms with van der Waals surface area (Å²) in [6.07, 6.45) is 0.491. The number of carboxylic acid groups (broad SMARTS) is 1. The molecule has 0 saturated carbocycles. The predicted octanol–water partition coefficient (Wildman–Crippen LogP) is 1.86. The van der Waals surface area contributed by atoms with Gasteiger partial charge >= 0.3 is 5.97 Å². The Labute approximate surface area is 116 Å². The predicted molar refractivity (Wildman–Crippen MR) is 73.7 cm³/mol. The van der Waals surface area contributed by atoms with Gasteiger partial charge in [-0.25, -0.2) is 9.78 Å². The smallest absolute Gasteiger partial charge is 0.356 e. The molecule has 0 radical (unpaired) electrons. The summed E-state index contributed by atoms with van der Waals surface area (Å²) in [5.74, 6) is -0.370. The van der Waals surface area contributed by atoms with E-state index in [1.807, 2.05) is 35.8 Å². The van der Waals surface area contributed by atoms with Crippen molar-refractivity contribution in [1.29, 1.82) is 0 Å². The van der Waals surface area contributed by atoms with Gasteiger partial charge in [0.05, 0.1) is 11.8 Å². The summed E-state index contributed by atoms with van der Waals surface area (Å²) in [7, 11) is 0. The monoisotopic (exact) mass is 272 g/mol. The molecular formula is C15H16N2O3. The maximum absolute atomic E-state index is 11.3. The third kappa shape index (κ3) is 2.10. The van der Waals surface area contributed by atoms with Gasteiger partial charge in [-0.2, -0.15) is 0 Å². The number of carboxylic acids is 1. The van der Waals surface area contributed by atoms with Crippen LogP contribution in [0.3, 0.4) is 0 Å². The fourth-order valence-electron chi connectivity index (χ4n) is 2.63. The molecule has 1 atom stereocenters. The molecule has 20 heavy (non-hydrogen) atoms. The quantitative estimate of drug-likeness (QED) is 0.875. The molecule has 0 aliphatic carbocycles. The average molecular weight is 272 g/mol. The molecule has 1 aromatic carbocycles. The summed E-state index contributed by atoms with van der Waals surface area (Å²) in [4.78, 5) is 15.6. The van der Waals surface area contributed by atoms with Gasteiger partial charge in [-0.15, -0.1) is 0 Å². The Morgan fingerprint density at radius 2 is 2.05 bits per heavy atom. The van der Waals surface area contributed by atoms with Crippen LogP contribution in [0.15, 0.2) is 24.3 Å². The minimum absolute atomic E-state index is 0.0549. The molecule has 5 nitrogen and oxygen atoms in total. The first-order valence-corrected chi connectivity index (χ1v) is 6.64. The molecule has 5 heteroatoms. The molecule has 0 bridgehead atoms. The number of aliphatic hydroxyl groups excluding tert-OH is 1. The SMILES string of the molecule is Cc1ccc(-c2nc(C(=O)O)c3n2CCC(O)C3)cc1. The summed E-state index contributed by atoms with van der Waals surface area (Å²) in [5, 5.41) is 19.0. The highest BCUT2D eigenvalue weighted by Gasteiger charge is 2.27. The molecule has 0 spiro atoms. The molecule has 2 heterocycles. The van der Waals surface area contributed by atoms with Gasteiger partial charge in [0.25, 0.3) is 0 Å². The number of hydrogen-bond acceptors (Lipinski definition) is 3. The van der Waals surface area contributed by atoms with Crippen molar-refractivity contribution >= 4 is 5.97 Å². The maximum atomic E-state index is 11.3. The first kappa shape index (κ1) is 12.9. The molecule has 104 valence electrons. The number of aromatic nitrogens is 2. The van der Waals surface area contributed by atoms with E-state index < -0.39 is 12.1 Å². The van der Waals surface area contributed by atoms with Crippen molar-refractivity contribution in [3.63, 3.8) is 0 Å². The van der Waals surface area contributed by atoms with Crippen LogP contribution in [0.5, 0.6) is 0 Å². The van der Waals surface area contributed by atoms with Gasteiger partial charge < -0.3 is 14.8 Å². The zero-order valence-electron chi connectivity index (χ0n) is 11.2. The third-order valence-corrected chi connectivity index (χ3v) is 3.70. The van der Waals surface area contributed by atoms with E-state index in [1.165, 1.54) is 0 Å². The van der Waals surface area contributed by atoms with Gasteiger partial charge in [-0.05, 0) is 13.3 Å². The summed E-state index contributed by atoms with van der Waals surface area (Å²) >= 11 is 0. The largest absolute Gasteiger partial charge is 0.476 e. The lowest BCUT2D eigenvalue weighted by atomic mass is 10.0. The van der Waals surface area contributed by atoms with Gasteiger partial charge in [-0.3, -0.25) is 0 Å². The molecule has 1 unspecified atom stereocenters. The Hall–Kier alpha value is -2.14. The van der Waals surface area contributed by atoms with Crippen LogP contribution in [0.4, 0.5) is 0 Å². The molecular weight excluding hydrogens is 256 g/mol. The van der Waals surface area contributed by atoms with E-state index in [4.69, 9.17) is 0 Å². The Balaban J connectivity index is 2.14. The number of aliphatic hydroxyl groups is 1. The van der Waals surface area contributed by atoms with Crippen molar-refractivity contribution in [1.82, 2.24) is 9.55 Å². The minimum atomic E-state index is -1.04. The number of hydrogen-bond donors (Lipinski definition) is 2. The molecule has 2 aromatic rings. The first-order chi connectivity index (χ1) is 9.56. The number of carbonyl (C=O) groups is 1. The molecule has 3 rings (SSSR count). The lowest BCUT2D eigenvalue weighted by Gasteiger charge is -2.21. The Morgan fingerprint density at radius 1 is 1.35 bits per heavy atom. The highest BCUT2D eigenvalue weighted by atomic mass is 16.4. The Kier molecular flexibility index (Phi) is 3.06. The molecule has 0 saturated heterocycles. The average Bonchev–Trinajstić information content (AvgIpc) is 2.78. The van der Waals surface area contributed by atoms with Crippen LogP contribution in [-0.4, -0.2) is 31.8 Å². The van der Waals surface area contributed by atoms with E-state index in [9.17, 15) is 15.0 Å². The second-order valence-electron chi connectivity index (χ2n) is 5.20. The normalized spacial score (nSPS) is 17.8. The van der Waals surface area contributed by atoms with E-state index in [1.54, 1.807) is 0 Å². The van der Waals surface area contributed by atoms with Crippen molar-refractivity contribution < 1.29 is 15.0 Å². The number of rotatable bonds is 2. The summed E-state index contributed by atoms with van der Waals surface area (Å²) in [5.41, 5.74) is 2.72. The standard InChI is InChI=1S/C15H16N2O3/c1-9-2-4-10(5-3-9)14-16-13(15(19)20)12-8-11(18)6-7-17(12)14/h2-5,11,18H,6-8H2,1H3,(H,19,20). The van der Waals surface area contributed by atoms with E-state index >= 15 is 0 Å². The van der Waals surface area contributed by atoms with Crippen LogP contribution >= 0.6 is 0 Å². The second kappa shape index (κ2) is 4.76. The van der Waals surface area contributed by atoms with Crippen molar-refractivity contribution in [3.8, 4) is 11.4 Å². The third-order valence-electron chi connectivity index (χ3n) is 3.70. The molecule has 2 N–H and O–H groups in total. The van der Waals surface area contributed by atoms with Crippen LogP contribution in [0.1, 0.15) is 28.2 Å². The second-order valence-corrected chi connectivity index (χ2v) is 5.20. The Bertz CT molecular complexity index is 659. The van der Waals surface area contributed by atoms with Crippen molar-refractivity contribution in [3.05, 3.63) is 41.2 Å². The zero-order chi connectivity index (χ0) is 14.3. The molecule has 1 aromatic heterocycles. The topological polar surface area (TPSA) is 75.3 Å². The number of aromatic carboxylic acids is 1. The van der Waals surface area contributed by atoms with Crippen LogP contribution in [0.25, 0.3) is 11.4 Å². The van der Waals surface area contributed by atoms with Gasteiger partial charge in [0.1, 0.15) is 5.82 Å². The minimum Gasteiger partial charge on any atom is -0.476 e. The first-order valence-electron chi connectivity index (χ1n) is 6.64. The van der Waals surface area contributed by atoms with E-state index in [0.29, 0.717) is 30.9 Å². The number of nitrogens with zero attached hydrogens (tertiary/aromatic N) is 2. The van der Waals surface area contributed by atoms with Gasteiger partial charge in [0, 0.05) is 18.5 Å². The van der Waals surface area contributed by atoms with Gasteiger partial charge in [0.15, 0.2) is 5.69 Å². The number of aryl methyl sites for hydroxylation is 1. The fourth-order valence-corrected chi connectivity index (χ4v) is 2.63. The lowest BCUT2D eigenvalue weighted by Crippen LogP contribution is -2.24. The van der Waals surface area contributed by atoms with E-state index in [-0.39, 0.29) is 5.69 Å². The summed E-state index contributed by atoms with van der Waals surface area (Å²) < 4.78 is 1.92. The lowest BCUT2D eigenvalue weighted by molar-refractivity contribution is 0.0687. The van der Waals surface area contributed by atoms with Crippen molar-refractivity contribution in [2.24, 2.45) is 0 Å². The fraction of sp³-hybridized carbons (Fsp3) is 0.333. The highest BCUT2D eigenvalue weighted by Crippen LogP contribution is 2.28. The number of benzene rings is 1. The summed E-state index contributed by atoms with van der Waals surface area (Å²) in [6, 6.07) is 7.85. The van der Waals surface area contributed by atoms with Gasteiger partial charge in [-0.1, -0.05) is 29.8 Å². The van der Waals surface area contributed by atoms with E-state index in [2.05, 4.69) is 4.98 Å². The number of imidazole rings is 1. The highest BCUT2D eigenvalue weighted by molar-refractivity contribution is 5.88. The zero-order valence-corrected chi connectivity index (χ0v) is 11.2. The molecule has 1 aliphatic heterocycles. The van der Waals surface area contributed by atoms with Crippen molar-refractivity contribution in [2.45, 2.75) is 32.4 Å². The van der Waals surface area contributed by atoms with Crippen molar-refractivity contribution in [2.75, 3.05) is 0 Å². The molecule has 1 aliphatic rings. The number of fused-ring (bicyclic) bond motifs is 1. The van der Waals surface area contributed by atoms with Crippen LogP contribution < -0.4 is 0 Å². The van der Waals surface area contributed by atoms with Gasteiger partial charge in [0.2, 0.25) is 0 Å². The Morgan fingerprint density at radius 3 is 2.70 bits per heavy atom. The molecule has 0 amide bonds. The molecule has 0 fully saturated rings.